The molecule has 0 radical (unpaired) electrons. The van der Waals surface area contributed by atoms with Crippen molar-refractivity contribution in [3.05, 3.63) is 41.2 Å². The summed E-state index contributed by atoms with van der Waals surface area (Å²) in [6.45, 7) is 0.968. The van der Waals surface area contributed by atoms with Crippen LogP contribution in [-0.2, 0) is 17.8 Å². The topological polar surface area (TPSA) is 55.1 Å². The third-order valence-corrected chi connectivity index (χ3v) is 3.86. The van der Waals surface area contributed by atoms with Gasteiger partial charge in [0.15, 0.2) is 0 Å². The molecule has 1 N–H and O–H groups in total. The Morgan fingerprint density at radius 2 is 2.20 bits per heavy atom. The standard InChI is InChI=1S/C15H15ClN2O2/c16-14-4-3-11(5-12(14)6-15(19)20)13-7-17-18(9-13)8-10-1-2-10/h3-5,7,9-10H,1-2,6,8H2,(H,19,20). The highest BCUT2D eigenvalue weighted by atomic mass is 35.5. The molecule has 1 aromatic carbocycles. The fourth-order valence-electron chi connectivity index (χ4n) is 2.23. The average molecular weight is 291 g/mol. The first-order valence-electron chi connectivity index (χ1n) is 6.65. The van der Waals surface area contributed by atoms with E-state index < -0.39 is 5.97 Å². The number of nitrogens with zero attached hydrogens (tertiary/aromatic N) is 2. The monoisotopic (exact) mass is 290 g/mol. The third-order valence-electron chi connectivity index (χ3n) is 3.50. The maximum absolute atomic E-state index is 10.8. The van der Waals surface area contributed by atoms with Gasteiger partial charge in [-0.3, -0.25) is 9.48 Å². The first kappa shape index (κ1) is 13.2. The number of hydrogen-bond donors (Lipinski definition) is 1. The van der Waals surface area contributed by atoms with Crippen molar-refractivity contribution in [2.45, 2.75) is 25.8 Å². The highest BCUT2D eigenvalue weighted by molar-refractivity contribution is 6.31. The number of rotatable bonds is 5. The van der Waals surface area contributed by atoms with E-state index in [0.717, 1.165) is 23.6 Å². The van der Waals surface area contributed by atoms with E-state index in [1.807, 2.05) is 29.2 Å². The summed E-state index contributed by atoms with van der Waals surface area (Å²) in [5.41, 5.74) is 2.58. The predicted octanol–water partition coefficient (Wildman–Crippen LogP) is 3.24. The molecule has 1 heterocycles. The van der Waals surface area contributed by atoms with E-state index in [-0.39, 0.29) is 6.42 Å². The quantitative estimate of drug-likeness (QED) is 0.920. The van der Waals surface area contributed by atoms with E-state index in [1.54, 1.807) is 6.07 Å². The van der Waals surface area contributed by atoms with Gasteiger partial charge in [-0.25, -0.2) is 0 Å². The molecule has 1 aliphatic carbocycles. The molecule has 0 saturated heterocycles. The molecule has 1 saturated carbocycles. The van der Waals surface area contributed by atoms with E-state index in [0.29, 0.717) is 10.6 Å². The van der Waals surface area contributed by atoms with Gasteiger partial charge in [0.25, 0.3) is 0 Å². The van der Waals surface area contributed by atoms with Crippen LogP contribution < -0.4 is 0 Å². The maximum Gasteiger partial charge on any atom is 0.307 e. The highest BCUT2D eigenvalue weighted by Crippen LogP contribution is 2.31. The minimum atomic E-state index is -0.881. The molecule has 0 unspecified atom stereocenters. The van der Waals surface area contributed by atoms with E-state index in [9.17, 15) is 4.79 Å². The summed E-state index contributed by atoms with van der Waals surface area (Å²) in [7, 11) is 0. The predicted molar refractivity (Wildman–Crippen MR) is 76.7 cm³/mol. The van der Waals surface area contributed by atoms with Gasteiger partial charge in [0.2, 0.25) is 0 Å². The number of aliphatic carboxylic acids is 1. The van der Waals surface area contributed by atoms with Gasteiger partial charge in [-0.15, -0.1) is 0 Å². The van der Waals surface area contributed by atoms with Crippen LogP contribution in [0.25, 0.3) is 11.1 Å². The Balaban J connectivity index is 1.84. The summed E-state index contributed by atoms with van der Waals surface area (Å²) in [5.74, 6) is -0.107. The summed E-state index contributed by atoms with van der Waals surface area (Å²) < 4.78 is 1.96. The number of halogens is 1. The molecule has 0 atom stereocenters. The Morgan fingerprint density at radius 3 is 2.90 bits per heavy atom. The molecule has 1 aromatic heterocycles. The molecule has 1 aliphatic rings. The van der Waals surface area contributed by atoms with Crippen LogP contribution in [0.5, 0.6) is 0 Å². The Bertz CT molecular complexity index is 647. The van der Waals surface area contributed by atoms with Crippen molar-refractivity contribution in [3.8, 4) is 11.1 Å². The number of carbonyl (C=O) groups is 1. The number of benzene rings is 1. The molecule has 2 aromatic rings. The van der Waals surface area contributed by atoms with Gasteiger partial charge in [-0.1, -0.05) is 17.7 Å². The summed E-state index contributed by atoms with van der Waals surface area (Å²) in [5, 5.41) is 13.7. The van der Waals surface area contributed by atoms with Crippen LogP contribution in [0.4, 0.5) is 0 Å². The average Bonchev–Trinajstić information content (AvgIpc) is 3.08. The van der Waals surface area contributed by atoms with E-state index >= 15 is 0 Å². The molecule has 0 amide bonds. The largest absolute Gasteiger partial charge is 0.481 e. The molecule has 104 valence electrons. The number of carboxylic acids is 1. The molecule has 5 heteroatoms. The molecular weight excluding hydrogens is 276 g/mol. The Kier molecular flexibility index (Phi) is 3.49. The van der Waals surface area contributed by atoms with Crippen LogP contribution in [0.3, 0.4) is 0 Å². The second-order valence-electron chi connectivity index (χ2n) is 5.27. The third kappa shape index (κ3) is 3.02. The fourth-order valence-corrected chi connectivity index (χ4v) is 2.41. The van der Waals surface area contributed by atoms with Crippen molar-refractivity contribution in [3.63, 3.8) is 0 Å². The van der Waals surface area contributed by atoms with Crippen molar-refractivity contribution < 1.29 is 9.90 Å². The van der Waals surface area contributed by atoms with Crippen molar-refractivity contribution in [2.24, 2.45) is 5.92 Å². The zero-order chi connectivity index (χ0) is 14.1. The molecule has 1 fully saturated rings. The van der Waals surface area contributed by atoms with Gasteiger partial charge in [-0.05, 0) is 42.0 Å². The first-order valence-corrected chi connectivity index (χ1v) is 7.02. The van der Waals surface area contributed by atoms with E-state index in [4.69, 9.17) is 16.7 Å². The summed E-state index contributed by atoms with van der Waals surface area (Å²) in [6.07, 6.45) is 6.34. The molecule has 0 aliphatic heterocycles. The fraction of sp³-hybridized carbons (Fsp3) is 0.333. The molecule has 3 rings (SSSR count). The van der Waals surface area contributed by atoms with Gasteiger partial charge in [0, 0.05) is 23.3 Å². The summed E-state index contributed by atoms with van der Waals surface area (Å²) >= 11 is 6.03. The normalized spacial score (nSPS) is 14.4. The van der Waals surface area contributed by atoms with Crippen LogP contribution in [0, 0.1) is 5.92 Å². The van der Waals surface area contributed by atoms with Crippen LogP contribution in [0.2, 0.25) is 5.02 Å². The number of carboxylic acid groups (broad SMARTS) is 1. The lowest BCUT2D eigenvalue weighted by Crippen LogP contribution is -2.01. The zero-order valence-corrected chi connectivity index (χ0v) is 11.7. The van der Waals surface area contributed by atoms with Crippen LogP contribution in [0.1, 0.15) is 18.4 Å². The van der Waals surface area contributed by atoms with E-state index in [2.05, 4.69) is 5.10 Å². The second-order valence-corrected chi connectivity index (χ2v) is 5.68. The first-order chi connectivity index (χ1) is 9.61. The number of hydrogen-bond acceptors (Lipinski definition) is 2. The Hall–Kier alpha value is -1.81. The second kappa shape index (κ2) is 5.29. The lowest BCUT2D eigenvalue weighted by atomic mass is 10.0. The molecule has 0 spiro atoms. The Morgan fingerprint density at radius 1 is 1.40 bits per heavy atom. The SMILES string of the molecule is O=C(O)Cc1cc(-c2cnn(CC3CC3)c2)ccc1Cl. The summed E-state index contributed by atoms with van der Waals surface area (Å²) in [4.78, 5) is 10.8. The van der Waals surface area contributed by atoms with E-state index in [1.165, 1.54) is 12.8 Å². The number of aromatic nitrogens is 2. The van der Waals surface area contributed by atoms with Crippen LogP contribution in [0.15, 0.2) is 30.6 Å². The van der Waals surface area contributed by atoms with Crippen molar-refractivity contribution in [2.75, 3.05) is 0 Å². The van der Waals surface area contributed by atoms with Gasteiger partial charge in [0.1, 0.15) is 0 Å². The molecule has 0 bridgehead atoms. The molecule has 20 heavy (non-hydrogen) atoms. The molecular formula is C15H15ClN2O2. The smallest absolute Gasteiger partial charge is 0.307 e. The molecule has 4 nitrogen and oxygen atoms in total. The van der Waals surface area contributed by atoms with Gasteiger partial charge in [-0.2, -0.15) is 5.10 Å². The lowest BCUT2D eigenvalue weighted by molar-refractivity contribution is -0.136. The lowest BCUT2D eigenvalue weighted by Gasteiger charge is -2.04. The summed E-state index contributed by atoms with van der Waals surface area (Å²) in [6, 6.07) is 5.47. The Labute approximate surface area is 122 Å². The van der Waals surface area contributed by atoms with Gasteiger partial charge < -0.3 is 5.11 Å². The van der Waals surface area contributed by atoms with Gasteiger partial charge in [0.05, 0.1) is 12.6 Å². The van der Waals surface area contributed by atoms with Gasteiger partial charge >= 0.3 is 5.97 Å². The maximum atomic E-state index is 10.8. The minimum Gasteiger partial charge on any atom is -0.481 e. The van der Waals surface area contributed by atoms with Crippen LogP contribution >= 0.6 is 11.6 Å². The van der Waals surface area contributed by atoms with Crippen LogP contribution in [-0.4, -0.2) is 20.9 Å². The zero-order valence-electron chi connectivity index (χ0n) is 10.9. The van der Waals surface area contributed by atoms with Crippen molar-refractivity contribution >= 4 is 17.6 Å². The highest BCUT2D eigenvalue weighted by Gasteiger charge is 2.22. The van der Waals surface area contributed by atoms with Crippen molar-refractivity contribution in [1.29, 1.82) is 0 Å². The van der Waals surface area contributed by atoms with Crippen molar-refractivity contribution in [1.82, 2.24) is 9.78 Å². The minimum absolute atomic E-state index is 0.0666.